The number of hydrogen-bond donors (Lipinski definition) is 3. The SMILES string of the molecule is CC(C)=CCC/C(C)=C/CO.COc1cc(C(=O)O)ccc1O. The lowest BCUT2D eigenvalue weighted by Gasteiger charge is -2.02. The van der Waals surface area contributed by atoms with Gasteiger partial charge in [-0.25, -0.2) is 4.79 Å². The topological polar surface area (TPSA) is 87.0 Å². The van der Waals surface area contributed by atoms with Crippen LogP contribution in [-0.2, 0) is 0 Å². The molecular formula is C18H26O5. The van der Waals surface area contributed by atoms with Crippen LogP contribution in [-0.4, -0.2) is 35.0 Å². The molecule has 3 N–H and O–H groups in total. The summed E-state index contributed by atoms with van der Waals surface area (Å²) in [6, 6.07) is 3.85. The third kappa shape index (κ3) is 9.37. The summed E-state index contributed by atoms with van der Waals surface area (Å²) in [5.41, 5.74) is 2.72. The van der Waals surface area contributed by atoms with Crippen LogP contribution in [0.4, 0.5) is 0 Å². The molecule has 0 unspecified atom stereocenters. The van der Waals surface area contributed by atoms with E-state index in [1.807, 2.05) is 6.08 Å². The summed E-state index contributed by atoms with van der Waals surface area (Å²) in [5.74, 6) is -0.953. The average molecular weight is 322 g/mol. The van der Waals surface area contributed by atoms with Gasteiger partial charge in [-0.1, -0.05) is 23.3 Å². The highest BCUT2D eigenvalue weighted by molar-refractivity contribution is 5.88. The Labute approximate surface area is 137 Å². The lowest BCUT2D eigenvalue weighted by atomic mass is 10.1. The van der Waals surface area contributed by atoms with Crippen LogP contribution in [0.1, 0.15) is 44.0 Å². The minimum Gasteiger partial charge on any atom is -0.504 e. The molecule has 1 aromatic rings. The monoisotopic (exact) mass is 322 g/mol. The molecule has 0 aliphatic heterocycles. The van der Waals surface area contributed by atoms with Crippen molar-refractivity contribution in [1.82, 2.24) is 0 Å². The maximum atomic E-state index is 10.4. The fraction of sp³-hybridized carbons (Fsp3) is 0.389. The van der Waals surface area contributed by atoms with Crippen LogP contribution in [0.3, 0.4) is 0 Å². The fourth-order valence-corrected chi connectivity index (χ4v) is 1.66. The summed E-state index contributed by atoms with van der Waals surface area (Å²) in [6.45, 7) is 6.42. The van der Waals surface area contributed by atoms with E-state index in [1.54, 1.807) is 0 Å². The first-order chi connectivity index (χ1) is 10.8. The second-order valence-corrected chi connectivity index (χ2v) is 5.24. The molecule has 0 fully saturated rings. The Hall–Kier alpha value is -2.27. The van der Waals surface area contributed by atoms with Crippen molar-refractivity contribution in [2.45, 2.75) is 33.6 Å². The second kappa shape index (κ2) is 11.3. The summed E-state index contributed by atoms with van der Waals surface area (Å²) < 4.78 is 4.72. The molecule has 0 saturated heterocycles. The second-order valence-electron chi connectivity index (χ2n) is 5.24. The number of carboxylic acids is 1. The Balaban J connectivity index is 0.000000423. The number of hydrogen-bond acceptors (Lipinski definition) is 4. The van der Waals surface area contributed by atoms with Gasteiger partial charge in [0.15, 0.2) is 11.5 Å². The first-order valence-electron chi connectivity index (χ1n) is 7.32. The lowest BCUT2D eigenvalue weighted by molar-refractivity contribution is 0.0696. The quantitative estimate of drug-likeness (QED) is 0.694. The van der Waals surface area contributed by atoms with E-state index in [1.165, 1.54) is 36.5 Å². The van der Waals surface area contributed by atoms with Crippen LogP contribution >= 0.6 is 0 Å². The van der Waals surface area contributed by atoms with Gasteiger partial charge < -0.3 is 20.1 Å². The van der Waals surface area contributed by atoms with Crippen molar-refractivity contribution in [2.24, 2.45) is 0 Å². The Morgan fingerprint density at radius 1 is 1.22 bits per heavy atom. The van der Waals surface area contributed by atoms with Crippen LogP contribution in [0, 0.1) is 0 Å². The third-order valence-electron chi connectivity index (χ3n) is 2.96. The molecule has 0 aliphatic rings. The van der Waals surface area contributed by atoms with Crippen molar-refractivity contribution in [1.29, 1.82) is 0 Å². The van der Waals surface area contributed by atoms with E-state index in [2.05, 4.69) is 26.8 Å². The molecule has 0 atom stereocenters. The number of rotatable bonds is 6. The van der Waals surface area contributed by atoms with Gasteiger partial charge in [-0.3, -0.25) is 0 Å². The zero-order valence-corrected chi connectivity index (χ0v) is 14.2. The molecule has 0 bridgehead atoms. The molecule has 128 valence electrons. The summed E-state index contributed by atoms with van der Waals surface area (Å²) in [4.78, 5) is 10.4. The number of carboxylic acid groups (broad SMARTS) is 1. The largest absolute Gasteiger partial charge is 0.504 e. The number of methoxy groups -OCH3 is 1. The predicted molar refractivity (Wildman–Crippen MR) is 91.1 cm³/mol. The molecule has 0 heterocycles. The van der Waals surface area contributed by atoms with Gasteiger partial charge >= 0.3 is 5.97 Å². The van der Waals surface area contributed by atoms with Crippen molar-refractivity contribution in [3.63, 3.8) is 0 Å². The van der Waals surface area contributed by atoms with E-state index in [4.69, 9.17) is 20.1 Å². The highest BCUT2D eigenvalue weighted by Gasteiger charge is 2.06. The predicted octanol–water partition coefficient (Wildman–Crippen LogP) is 3.77. The number of phenolic OH excluding ortho intramolecular Hbond substituents is 1. The van der Waals surface area contributed by atoms with Gasteiger partial charge in [0.25, 0.3) is 0 Å². The first-order valence-corrected chi connectivity index (χ1v) is 7.32. The highest BCUT2D eigenvalue weighted by Crippen LogP contribution is 2.25. The molecular weight excluding hydrogens is 296 g/mol. The number of ether oxygens (including phenoxy) is 1. The number of benzene rings is 1. The molecule has 0 aliphatic carbocycles. The van der Waals surface area contributed by atoms with Crippen LogP contribution in [0.2, 0.25) is 0 Å². The lowest BCUT2D eigenvalue weighted by Crippen LogP contribution is -1.96. The molecule has 0 radical (unpaired) electrons. The zero-order valence-electron chi connectivity index (χ0n) is 14.2. The van der Waals surface area contributed by atoms with Gasteiger partial charge in [-0.05, 0) is 51.8 Å². The van der Waals surface area contributed by atoms with Crippen LogP contribution in [0.5, 0.6) is 11.5 Å². The number of aliphatic hydroxyl groups is 1. The van der Waals surface area contributed by atoms with E-state index >= 15 is 0 Å². The molecule has 5 heteroatoms. The van der Waals surface area contributed by atoms with Crippen LogP contribution in [0.25, 0.3) is 0 Å². The number of phenols is 1. The smallest absolute Gasteiger partial charge is 0.335 e. The van der Waals surface area contributed by atoms with Gasteiger partial charge in [0, 0.05) is 0 Å². The maximum Gasteiger partial charge on any atom is 0.335 e. The summed E-state index contributed by atoms with van der Waals surface area (Å²) in [7, 11) is 1.36. The Bertz CT molecular complexity index is 555. The van der Waals surface area contributed by atoms with E-state index in [-0.39, 0.29) is 23.7 Å². The summed E-state index contributed by atoms with van der Waals surface area (Å²) in [5, 5.41) is 26.2. The number of aromatic carboxylic acids is 1. The average Bonchev–Trinajstić information content (AvgIpc) is 2.48. The molecule has 0 amide bonds. The third-order valence-corrected chi connectivity index (χ3v) is 2.96. The number of aliphatic hydroxyl groups excluding tert-OH is 1. The number of carbonyl (C=O) groups is 1. The minimum absolute atomic E-state index is 0.0671. The number of allylic oxidation sites excluding steroid dienone is 3. The van der Waals surface area contributed by atoms with E-state index in [0.717, 1.165) is 12.8 Å². The molecule has 23 heavy (non-hydrogen) atoms. The molecule has 0 saturated carbocycles. The molecule has 0 spiro atoms. The minimum atomic E-state index is -1.05. The van der Waals surface area contributed by atoms with Crippen molar-refractivity contribution in [2.75, 3.05) is 13.7 Å². The van der Waals surface area contributed by atoms with Crippen LogP contribution in [0.15, 0.2) is 41.5 Å². The summed E-state index contributed by atoms with van der Waals surface area (Å²) >= 11 is 0. The van der Waals surface area contributed by atoms with Crippen molar-refractivity contribution < 1.29 is 24.9 Å². The van der Waals surface area contributed by atoms with Gasteiger partial charge in [-0.15, -0.1) is 0 Å². The van der Waals surface area contributed by atoms with Crippen LogP contribution < -0.4 is 4.74 Å². The van der Waals surface area contributed by atoms with E-state index < -0.39 is 5.97 Å². The number of aromatic hydroxyl groups is 1. The van der Waals surface area contributed by atoms with Crippen molar-refractivity contribution >= 4 is 5.97 Å². The molecule has 1 rings (SSSR count). The van der Waals surface area contributed by atoms with E-state index in [9.17, 15) is 4.79 Å². The molecule has 5 nitrogen and oxygen atoms in total. The molecule has 0 aromatic heterocycles. The Morgan fingerprint density at radius 3 is 2.35 bits per heavy atom. The Kier molecular flexibility index (Phi) is 10.2. The maximum absolute atomic E-state index is 10.4. The van der Waals surface area contributed by atoms with Gasteiger partial charge in [0.2, 0.25) is 0 Å². The highest BCUT2D eigenvalue weighted by atomic mass is 16.5. The summed E-state index contributed by atoms with van der Waals surface area (Å²) in [6.07, 6.45) is 6.23. The first kappa shape index (κ1) is 20.7. The standard InChI is InChI=1S/C10H18O.C8H8O4/c1-9(2)5-4-6-10(3)7-8-11;1-12-7-4-5(8(10)11)2-3-6(7)9/h5,7,11H,4,6,8H2,1-3H3;2-4,9H,1H3,(H,10,11)/b10-7+;. The molecule has 1 aromatic carbocycles. The zero-order chi connectivity index (χ0) is 17.8. The Morgan fingerprint density at radius 2 is 1.87 bits per heavy atom. The fourth-order valence-electron chi connectivity index (χ4n) is 1.66. The normalized spacial score (nSPS) is 10.4. The van der Waals surface area contributed by atoms with Gasteiger partial charge in [0.1, 0.15) is 0 Å². The van der Waals surface area contributed by atoms with Crippen molar-refractivity contribution in [3.05, 3.63) is 47.1 Å². The van der Waals surface area contributed by atoms with E-state index in [0.29, 0.717) is 0 Å². The van der Waals surface area contributed by atoms with Gasteiger partial charge in [0.05, 0.1) is 19.3 Å². The van der Waals surface area contributed by atoms with Gasteiger partial charge in [-0.2, -0.15) is 0 Å². The van der Waals surface area contributed by atoms with Crippen molar-refractivity contribution in [3.8, 4) is 11.5 Å².